The van der Waals surface area contributed by atoms with E-state index in [1.165, 1.54) is 26.2 Å². The van der Waals surface area contributed by atoms with Crippen LogP contribution in [0, 0.1) is 11.8 Å². The molecule has 2 atom stereocenters. The summed E-state index contributed by atoms with van der Waals surface area (Å²) in [6, 6.07) is 0. The minimum absolute atomic E-state index is 0.158. The van der Waals surface area contributed by atoms with Crippen molar-refractivity contribution in [2.24, 2.45) is 11.8 Å². The molecule has 3 nitrogen and oxygen atoms in total. The number of carbonyl (C=O) groups is 2. The van der Waals surface area contributed by atoms with Gasteiger partial charge in [-0.05, 0) is 44.6 Å². The summed E-state index contributed by atoms with van der Waals surface area (Å²) < 4.78 is 5.41. The highest BCUT2D eigenvalue weighted by Crippen LogP contribution is 2.24. The molecule has 3 heteroatoms. The maximum Gasteiger partial charge on any atom is 0.314 e. The molecule has 128 valence electrons. The van der Waals surface area contributed by atoms with Crippen LogP contribution in [-0.2, 0) is 14.3 Å². The number of rotatable bonds is 12. The number of ketones is 1. The van der Waals surface area contributed by atoms with Gasteiger partial charge in [0.2, 0.25) is 0 Å². The molecule has 2 unspecified atom stereocenters. The first-order chi connectivity index (χ1) is 10.2. The molecule has 0 rings (SSSR count). The maximum absolute atomic E-state index is 11.6. The Hall–Kier alpha value is -1.12. The van der Waals surface area contributed by atoms with E-state index in [9.17, 15) is 9.59 Å². The first-order valence-corrected chi connectivity index (χ1v) is 8.53. The van der Waals surface area contributed by atoms with E-state index in [2.05, 4.69) is 27.4 Å². The zero-order valence-electron chi connectivity index (χ0n) is 15.1. The second-order valence-corrected chi connectivity index (χ2v) is 7.19. The number of Topliss-reactive ketones (excluding diaryl/α,β-unsaturated/α-hetero) is 1. The highest BCUT2D eigenvalue weighted by Gasteiger charge is 2.25. The lowest BCUT2D eigenvalue weighted by Crippen LogP contribution is -2.30. The minimum atomic E-state index is -0.663. The average molecular weight is 310 g/mol. The summed E-state index contributed by atoms with van der Waals surface area (Å²) in [6.45, 7) is 13.8. The van der Waals surface area contributed by atoms with Crippen LogP contribution in [0.15, 0.2) is 12.7 Å². The van der Waals surface area contributed by atoms with Gasteiger partial charge in [-0.15, -0.1) is 0 Å². The van der Waals surface area contributed by atoms with Crippen LogP contribution in [0.1, 0.15) is 79.6 Å². The number of hydrogen-bond donors (Lipinski definition) is 0. The monoisotopic (exact) mass is 310 g/mol. The zero-order valence-corrected chi connectivity index (χ0v) is 15.1. The summed E-state index contributed by atoms with van der Waals surface area (Å²) >= 11 is 0. The van der Waals surface area contributed by atoms with Crippen molar-refractivity contribution in [3.8, 4) is 0 Å². The van der Waals surface area contributed by atoms with Crippen LogP contribution in [0.3, 0.4) is 0 Å². The van der Waals surface area contributed by atoms with Crippen molar-refractivity contribution in [1.29, 1.82) is 0 Å². The van der Waals surface area contributed by atoms with Gasteiger partial charge in [0.05, 0.1) is 0 Å². The molecule has 0 fully saturated rings. The summed E-state index contributed by atoms with van der Waals surface area (Å²) in [4.78, 5) is 22.6. The summed E-state index contributed by atoms with van der Waals surface area (Å²) in [5, 5.41) is 0. The Morgan fingerprint density at radius 1 is 1.14 bits per heavy atom. The van der Waals surface area contributed by atoms with Crippen molar-refractivity contribution in [2.75, 3.05) is 0 Å². The summed E-state index contributed by atoms with van der Waals surface area (Å²) in [7, 11) is 0. The highest BCUT2D eigenvalue weighted by atomic mass is 16.6. The first-order valence-electron chi connectivity index (χ1n) is 8.53. The summed E-state index contributed by atoms with van der Waals surface area (Å²) in [5.41, 5.74) is -0.663. The Balaban J connectivity index is 4.09. The fourth-order valence-corrected chi connectivity index (χ4v) is 2.51. The van der Waals surface area contributed by atoms with Crippen molar-refractivity contribution in [3.05, 3.63) is 12.7 Å². The van der Waals surface area contributed by atoms with Crippen LogP contribution in [0.5, 0.6) is 0 Å². The van der Waals surface area contributed by atoms with Gasteiger partial charge in [0.15, 0.2) is 0 Å². The van der Waals surface area contributed by atoms with Gasteiger partial charge in [-0.2, -0.15) is 0 Å². The van der Waals surface area contributed by atoms with Crippen molar-refractivity contribution >= 4 is 11.8 Å². The lowest BCUT2D eigenvalue weighted by Gasteiger charge is -2.26. The van der Waals surface area contributed by atoms with Gasteiger partial charge in [0, 0.05) is 0 Å². The Bertz CT molecular complexity index is 360. The van der Waals surface area contributed by atoms with Gasteiger partial charge in [-0.3, -0.25) is 9.59 Å². The fourth-order valence-electron chi connectivity index (χ4n) is 2.51. The molecule has 0 bridgehead atoms. The number of carbonyl (C=O) groups excluding carboxylic acids is 2. The van der Waals surface area contributed by atoms with Crippen LogP contribution >= 0.6 is 0 Å². The van der Waals surface area contributed by atoms with Gasteiger partial charge in [-0.25, -0.2) is 0 Å². The quantitative estimate of drug-likeness (QED) is 0.286. The first kappa shape index (κ1) is 20.9. The van der Waals surface area contributed by atoms with Gasteiger partial charge in [-0.1, -0.05) is 53.0 Å². The van der Waals surface area contributed by atoms with E-state index in [0.29, 0.717) is 5.92 Å². The van der Waals surface area contributed by atoms with Crippen molar-refractivity contribution in [3.63, 3.8) is 0 Å². The lowest BCUT2D eigenvalue weighted by atomic mass is 9.92. The Kier molecular flexibility index (Phi) is 10.0. The van der Waals surface area contributed by atoms with E-state index < -0.39 is 11.6 Å². The lowest BCUT2D eigenvalue weighted by molar-refractivity contribution is -0.155. The molecule has 0 saturated heterocycles. The normalized spacial score (nSPS) is 15.2. The topological polar surface area (TPSA) is 43.4 Å². The SMILES string of the molecule is C=CC(C)(CCCC(C)CCCC(C)C)OC(=O)CC(C)=O. The largest absolute Gasteiger partial charge is 0.455 e. The Labute approximate surface area is 136 Å². The predicted molar refractivity (Wildman–Crippen MR) is 91.7 cm³/mol. The standard InChI is InChI=1S/C19H34O3/c1-7-19(6,22-18(21)14-17(5)20)13-9-12-16(4)11-8-10-15(2)3/h7,15-16H,1,8-14H2,2-6H3. The molecule has 0 amide bonds. The molecular formula is C19H34O3. The number of ether oxygens (including phenoxy) is 1. The predicted octanol–water partition coefficient (Wildman–Crippen LogP) is 5.09. The molecule has 0 aromatic carbocycles. The summed E-state index contributed by atoms with van der Waals surface area (Å²) in [5.74, 6) is 0.841. The van der Waals surface area contributed by atoms with Crippen LogP contribution in [0.4, 0.5) is 0 Å². The van der Waals surface area contributed by atoms with E-state index in [0.717, 1.165) is 25.2 Å². The molecule has 0 aliphatic rings. The molecule has 0 radical (unpaired) electrons. The van der Waals surface area contributed by atoms with Crippen LogP contribution in [0.2, 0.25) is 0 Å². The smallest absolute Gasteiger partial charge is 0.314 e. The van der Waals surface area contributed by atoms with E-state index in [4.69, 9.17) is 4.74 Å². The van der Waals surface area contributed by atoms with E-state index in [1.807, 2.05) is 6.92 Å². The number of hydrogen-bond acceptors (Lipinski definition) is 3. The van der Waals surface area contributed by atoms with Crippen molar-refractivity contribution in [2.45, 2.75) is 85.2 Å². The molecule has 22 heavy (non-hydrogen) atoms. The molecule has 0 aliphatic heterocycles. The van der Waals surface area contributed by atoms with Crippen molar-refractivity contribution in [1.82, 2.24) is 0 Å². The third-order valence-corrected chi connectivity index (χ3v) is 4.02. The highest BCUT2D eigenvalue weighted by molar-refractivity contribution is 5.94. The molecule has 0 aliphatic carbocycles. The molecular weight excluding hydrogens is 276 g/mol. The minimum Gasteiger partial charge on any atom is -0.455 e. The molecule has 0 spiro atoms. The van der Waals surface area contributed by atoms with Crippen LogP contribution in [0.25, 0.3) is 0 Å². The third kappa shape index (κ3) is 10.6. The Morgan fingerprint density at radius 3 is 2.23 bits per heavy atom. The second-order valence-electron chi connectivity index (χ2n) is 7.19. The van der Waals surface area contributed by atoms with Gasteiger partial charge in [0.25, 0.3) is 0 Å². The summed E-state index contributed by atoms with van der Waals surface area (Å²) in [6.07, 6.45) is 8.23. The number of esters is 1. The maximum atomic E-state index is 11.6. The average Bonchev–Trinajstić information content (AvgIpc) is 2.37. The Morgan fingerprint density at radius 2 is 1.73 bits per heavy atom. The molecule has 0 aromatic rings. The van der Waals surface area contributed by atoms with Crippen molar-refractivity contribution < 1.29 is 14.3 Å². The van der Waals surface area contributed by atoms with E-state index >= 15 is 0 Å². The van der Waals surface area contributed by atoms with Crippen LogP contribution < -0.4 is 0 Å². The molecule has 0 aromatic heterocycles. The van der Waals surface area contributed by atoms with E-state index in [1.54, 1.807) is 6.08 Å². The van der Waals surface area contributed by atoms with Gasteiger partial charge in [0.1, 0.15) is 17.8 Å². The molecule has 0 N–H and O–H groups in total. The molecule has 0 heterocycles. The fraction of sp³-hybridized carbons (Fsp3) is 0.789. The van der Waals surface area contributed by atoms with E-state index in [-0.39, 0.29) is 12.2 Å². The second kappa shape index (κ2) is 10.6. The van der Waals surface area contributed by atoms with Gasteiger partial charge < -0.3 is 4.74 Å². The van der Waals surface area contributed by atoms with Gasteiger partial charge >= 0.3 is 5.97 Å². The zero-order chi connectivity index (χ0) is 17.2. The molecule has 0 saturated carbocycles. The van der Waals surface area contributed by atoms with Crippen LogP contribution in [-0.4, -0.2) is 17.4 Å². The third-order valence-electron chi connectivity index (χ3n) is 4.02.